The highest BCUT2D eigenvalue weighted by atomic mass is 127. The van der Waals surface area contributed by atoms with E-state index in [-0.39, 0.29) is 30.0 Å². The molecule has 0 amide bonds. The number of halogens is 1. The van der Waals surface area contributed by atoms with E-state index in [0.717, 1.165) is 24.7 Å². The quantitative estimate of drug-likeness (QED) is 0.364. The molecule has 5 nitrogen and oxygen atoms in total. The minimum atomic E-state index is 0. The molecule has 0 aliphatic rings. The number of benzene rings is 1. The Balaban J connectivity index is 0.00000529. The molecule has 0 aliphatic carbocycles. The molecule has 2 N–H and O–H groups in total. The van der Waals surface area contributed by atoms with Crippen LogP contribution < -0.4 is 15.4 Å². The largest absolute Gasteiger partial charge is 0.497 e. The Hall–Kier alpha value is -1.02. The molecule has 0 spiro atoms. The van der Waals surface area contributed by atoms with Crippen molar-refractivity contribution in [2.45, 2.75) is 39.3 Å². The van der Waals surface area contributed by atoms with Gasteiger partial charge in [0.15, 0.2) is 5.96 Å². The molecule has 0 radical (unpaired) electrons. The Bertz CT molecular complexity index is 476. The van der Waals surface area contributed by atoms with E-state index in [2.05, 4.69) is 62.5 Å². The van der Waals surface area contributed by atoms with Crippen molar-refractivity contribution in [3.63, 3.8) is 0 Å². The van der Waals surface area contributed by atoms with Gasteiger partial charge < -0.3 is 20.3 Å². The first-order chi connectivity index (χ1) is 11.0. The summed E-state index contributed by atoms with van der Waals surface area (Å²) in [7, 11) is 5.85. The van der Waals surface area contributed by atoms with Crippen molar-refractivity contribution in [3.05, 3.63) is 29.8 Å². The summed E-state index contributed by atoms with van der Waals surface area (Å²) in [6.07, 6.45) is 1.07. The van der Waals surface area contributed by atoms with E-state index in [9.17, 15) is 0 Å². The van der Waals surface area contributed by atoms with Crippen molar-refractivity contribution in [3.8, 4) is 5.75 Å². The van der Waals surface area contributed by atoms with E-state index in [1.807, 2.05) is 12.1 Å². The average molecular weight is 448 g/mol. The Morgan fingerprint density at radius 2 is 1.83 bits per heavy atom. The second-order valence-corrected chi connectivity index (χ2v) is 5.93. The predicted molar refractivity (Wildman–Crippen MR) is 114 cm³/mol. The molecule has 138 valence electrons. The number of hydrogen-bond donors (Lipinski definition) is 2. The zero-order valence-electron chi connectivity index (χ0n) is 15.8. The summed E-state index contributed by atoms with van der Waals surface area (Å²) in [5.74, 6) is 1.75. The summed E-state index contributed by atoms with van der Waals surface area (Å²) in [5.41, 5.74) is 1.24. The van der Waals surface area contributed by atoms with Crippen LogP contribution in [0.3, 0.4) is 0 Å². The van der Waals surface area contributed by atoms with Crippen molar-refractivity contribution in [2.75, 3.05) is 34.3 Å². The second-order valence-electron chi connectivity index (χ2n) is 5.93. The fraction of sp³-hybridized carbons (Fsp3) is 0.611. The fourth-order valence-corrected chi connectivity index (χ4v) is 2.23. The van der Waals surface area contributed by atoms with E-state index < -0.39 is 0 Å². The normalized spacial score (nSPS) is 13.9. The minimum Gasteiger partial charge on any atom is -0.497 e. The first-order valence-corrected chi connectivity index (χ1v) is 8.37. The van der Waals surface area contributed by atoms with Gasteiger partial charge in [0.1, 0.15) is 5.75 Å². The van der Waals surface area contributed by atoms with Crippen LogP contribution in [-0.4, -0.2) is 51.2 Å². The molecule has 0 saturated carbocycles. The standard InChI is InChI=1S/C18H32N4O.HI/c1-7-14(3)21-18(19-8-2)20-13-17(22(4)5)15-9-11-16(23-6)12-10-15;/h9-12,14,17H,7-8,13H2,1-6H3,(H2,19,20,21);1H. The molecule has 2 unspecified atom stereocenters. The number of ether oxygens (including phenoxy) is 1. The Kier molecular flexibility index (Phi) is 11.8. The van der Waals surface area contributed by atoms with Gasteiger partial charge in [0.25, 0.3) is 0 Å². The van der Waals surface area contributed by atoms with Crippen molar-refractivity contribution < 1.29 is 4.74 Å². The average Bonchev–Trinajstić information content (AvgIpc) is 2.55. The van der Waals surface area contributed by atoms with Crippen LogP contribution in [0.4, 0.5) is 0 Å². The third kappa shape index (κ3) is 7.70. The molecule has 1 aromatic rings. The lowest BCUT2D eigenvalue weighted by molar-refractivity contribution is 0.306. The van der Waals surface area contributed by atoms with E-state index in [0.29, 0.717) is 12.6 Å². The summed E-state index contributed by atoms with van der Waals surface area (Å²) >= 11 is 0. The Labute approximate surface area is 164 Å². The van der Waals surface area contributed by atoms with Crippen LogP contribution in [0, 0.1) is 0 Å². The predicted octanol–water partition coefficient (Wildman–Crippen LogP) is 3.27. The summed E-state index contributed by atoms with van der Waals surface area (Å²) in [6.45, 7) is 7.98. The van der Waals surface area contributed by atoms with Crippen molar-refractivity contribution in [1.82, 2.24) is 15.5 Å². The monoisotopic (exact) mass is 448 g/mol. The number of methoxy groups -OCH3 is 1. The smallest absolute Gasteiger partial charge is 0.191 e. The highest BCUT2D eigenvalue weighted by Crippen LogP contribution is 2.21. The molecular formula is C18H33IN4O. The van der Waals surface area contributed by atoms with Crippen molar-refractivity contribution in [2.24, 2.45) is 4.99 Å². The molecule has 0 aromatic heterocycles. The van der Waals surface area contributed by atoms with E-state index in [1.54, 1.807) is 7.11 Å². The van der Waals surface area contributed by atoms with Gasteiger partial charge in [-0.1, -0.05) is 19.1 Å². The molecule has 0 fully saturated rings. The van der Waals surface area contributed by atoms with E-state index in [4.69, 9.17) is 9.73 Å². The van der Waals surface area contributed by atoms with E-state index in [1.165, 1.54) is 5.56 Å². The molecular weight excluding hydrogens is 415 g/mol. The molecule has 0 aliphatic heterocycles. The number of nitrogens with zero attached hydrogens (tertiary/aromatic N) is 2. The van der Waals surface area contributed by atoms with Gasteiger partial charge in [-0.05, 0) is 52.1 Å². The molecule has 0 bridgehead atoms. The van der Waals surface area contributed by atoms with Crippen molar-refractivity contribution in [1.29, 1.82) is 0 Å². The summed E-state index contributed by atoms with van der Waals surface area (Å²) < 4.78 is 5.23. The van der Waals surface area contributed by atoms with Gasteiger partial charge in [-0.2, -0.15) is 0 Å². The number of guanidine groups is 1. The number of likely N-dealkylation sites (N-methyl/N-ethyl adjacent to an activating group) is 1. The molecule has 1 aromatic carbocycles. The fourth-order valence-electron chi connectivity index (χ4n) is 2.23. The number of rotatable bonds is 8. The third-order valence-electron chi connectivity index (χ3n) is 3.89. The molecule has 6 heteroatoms. The first-order valence-electron chi connectivity index (χ1n) is 8.37. The van der Waals surface area contributed by atoms with Gasteiger partial charge in [0.2, 0.25) is 0 Å². The highest BCUT2D eigenvalue weighted by Gasteiger charge is 2.14. The third-order valence-corrected chi connectivity index (χ3v) is 3.89. The van der Waals surface area contributed by atoms with E-state index >= 15 is 0 Å². The van der Waals surface area contributed by atoms with Gasteiger partial charge in [0, 0.05) is 12.6 Å². The number of nitrogens with one attached hydrogen (secondary N) is 2. The topological polar surface area (TPSA) is 48.9 Å². The van der Waals surface area contributed by atoms with Crippen LogP contribution in [-0.2, 0) is 0 Å². The van der Waals surface area contributed by atoms with Crippen LogP contribution in [0.1, 0.15) is 38.8 Å². The number of hydrogen-bond acceptors (Lipinski definition) is 3. The maximum absolute atomic E-state index is 5.23. The van der Waals surface area contributed by atoms with Crippen LogP contribution >= 0.6 is 24.0 Å². The van der Waals surface area contributed by atoms with Gasteiger partial charge in [-0.25, -0.2) is 0 Å². The number of aliphatic imine (C=N–C) groups is 1. The first kappa shape index (κ1) is 23.0. The van der Waals surface area contributed by atoms with Gasteiger partial charge in [-0.15, -0.1) is 24.0 Å². The molecule has 0 heterocycles. The zero-order chi connectivity index (χ0) is 17.2. The Morgan fingerprint density at radius 1 is 1.21 bits per heavy atom. The second kappa shape index (κ2) is 12.4. The Morgan fingerprint density at radius 3 is 2.29 bits per heavy atom. The summed E-state index contributed by atoms with van der Waals surface area (Å²) in [5, 5.41) is 6.74. The van der Waals surface area contributed by atoms with Gasteiger partial charge >= 0.3 is 0 Å². The summed E-state index contributed by atoms with van der Waals surface area (Å²) in [4.78, 5) is 6.96. The highest BCUT2D eigenvalue weighted by molar-refractivity contribution is 14.0. The van der Waals surface area contributed by atoms with Crippen LogP contribution in [0.2, 0.25) is 0 Å². The lowest BCUT2D eigenvalue weighted by Crippen LogP contribution is -2.42. The lowest BCUT2D eigenvalue weighted by Gasteiger charge is -2.24. The molecule has 24 heavy (non-hydrogen) atoms. The summed E-state index contributed by atoms with van der Waals surface area (Å²) in [6, 6.07) is 8.85. The SMILES string of the molecule is CCNC(=NCC(c1ccc(OC)cc1)N(C)C)NC(C)CC.I. The molecule has 2 atom stereocenters. The minimum absolute atomic E-state index is 0. The van der Waals surface area contributed by atoms with Gasteiger partial charge in [0.05, 0.1) is 19.7 Å². The molecule has 1 rings (SSSR count). The lowest BCUT2D eigenvalue weighted by atomic mass is 10.1. The molecule has 0 saturated heterocycles. The van der Waals surface area contributed by atoms with Crippen LogP contribution in [0.5, 0.6) is 5.75 Å². The van der Waals surface area contributed by atoms with Crippen molar-refractivity contribution >= 4 is 29.9 Å². The maximum Gasteiger partial charge on any atom is 0.191 e. The van der Waals surface area contributed by atoms with Crippen LogP contribution in [0.15, 0.2) is 29.3 Å². The maximum atomic E-state index is 5.23. The van der Waals surface area contributed by atoms with Crippen LogP contribution in [0.25, 0.3) is 0 Å². The van der Waals surface area contributed by atoms with Gasteiger partial charge in [-0.3, -0.25) is 4.99 Å². The zero-order valence-corrected chi connectivity index (χ0v) is 18.1.